The second kappa shape index (κ2) is 8.09. The van der Waals surface area contributed by atoms with Crippen molar-refractivity contribution in [3.8, 4) is 0 Å². The van der Waals surface area contributed by atoms with Crippen molar-refractivity contribution in [2.45, 2.75) is 28.4 Å². The van der Waals surface area contributed by atoms with Crippen LogP contribution in [-0.4, -0.2) is 57.4 Å². The molecule has 0 unspecified atom stereocenters. The first-order valence-electron chi connectivity index (χ1n) is 10.9. The summed E-state index contributed by atoms with van der Waals surface area (Å²) >= 11 is 2.81. The van der Waals surface area contributed by atoms with E-state index in [1.165, 1.54) is 31.3 Å². The molecule has 1 spiro atoms. The highest BCUT2D eigenvalue weighted by Gasteiger charge is 2.52. The van der Waals surface area contributed by atoms with Crippen LogP contribution in [0.4, 0.5) is 0 Å². The van der Waals surface area contributed by atoms with Gasteiger partial charge in [-0.2, -0.15) is 8.61 Å². The van der Waals surface area contributed by atoms with Gasteiger partial charge in [0.25, 0.3) is 0 Å². The van der Waals surface area contributed by atoms with Gasteiger partial charge in [-0.25, -0.2) is 16.8 Å². The van der Waals surface area contributed by atoms with E-state index in [2.05, 4.69) is 0 Å². The number of ether oxygens (including phenoxy) is 1. The molecule has 0 bridgehead atoms. The van der Waals surface area contributed by atoms with E-state index >= 15 is 0 Å². The summed E-state index contributed by atoms with van der Waals surface area (Å²) in [7, 11) is -7.50. The van der Waals surface area contributed by atoms with Crippen LogP contribution in [0.1, 0.15) is 12.8 Å². The van der Waals surface area contributed by atoms with Crippen LogP contribution in [0.5, 0.6) is 0 Å². The first-order valence-corrected chi connectivity index (χ1v) is 15.6. The Labute approximate surface area is 206 Å². The van der Waals surface area contributed by atoms with Crippen LogP contribution in [0.15, 0.2) is 69.1 Å². The lowest BCUT2D eigenvalue weighted by Gasteiger charge is -2.42. The van der Waals surface area contributed by atoms with Crippen molar-refractivity contribution in [3.05, 3.63) is 59.3 Å². The molecule has 2 aromatic carbocycles. The lowest BCUT2D eigenvalue weighted by atomic mass is 10.0. The molecule has 0 amide bonds. The molecule has 2 aromatic heterocycles. The molecular formula is C23H22N2O5S4. The molecule has 4 aromatic rings. The van der Waals surface area contributed by atoms with Crippen molar-refractivity contribution in [1.29, 1.82) is 0 Å². The lowest BCUT2D eigenvalue weighted by Crippen LogP contribution is -2.55. The maximum absolute atomic E-state index is 13.7. The predicted octanol–water partition coefficient (Wildman–Crippen LogP) is 4.32. The number of thiophene rings is 2. The van der Waals surface area contributed by atoms with Crippen molar-refractivity contribution < 1.29 is 21.6 Å². The summed E-state index contributed by atoms with van der Waals surface area (Å²) in [5.74, 6) is 0. The normalized spacial score (nSPS) is 20.0. The fourth-order valence-electron chi connectivity index (χ4n) is 4.97. The number of sulfonamides is 2. The number of fused-ring (bicyclic) bond motifs is 2. The molecule has 7 nitrogen and oxygen atoms in total. The summed E-state index contributed by atoms with van der Waals surface area (Å²) in [4.78, 5) is 0.600. The maximum atomic E-state index is 13.7. The molecule has 0 aliphatic carbocycles. The van der Waals surface area contributed by atoms with Gasteiger partial charge in [-0.05, 0) is 12.1 Å². The third-order valence-corrected chi connectivity index (χ3v) is 12.9. The molecule has 178 valence electrons. The van der Waals surface area contributed by atoms with Gasteiger partial charge in [0.15, 0.2) is 0 Å². The summed E-state index contributed by atoms with van der Waals surface area (Å²) in [6, 6.07) is 14.9. The summed E-state index contributed by atoms with van der Waals surface area (Å²) in [6.07, 6.45) is 0.575. The van der Waals surface area contributed by atoms with Gasteiger partial charge in [0.05, 0.1) is 6.61 Å². The van der Waals surface area contributed by atoms with Crippen LogP contribution in [0, 0.1) is 0 Å². The first kappa shape index (κ1) is 22.6. The molecule has 11 heteroatoms. The van der Waals surface area contributed by atoms with Gasteiger partial charge >= 0.3 is 0 Å². The van der Waals surface area contributed by atoms with Crippen LogP contribution >= 0.6 is 22.7 Å². The van der Waals surface area contributed by atoms with Crippen molar-refractivity contribution in [3.63, 3.8) is 0 Å². The molecule has 2 saturated heterocycles. The molecule has 0 atom stereocenters. The van der Waals surface area contributed by atoms with Gasteiger partial charge in [0.2, 0.25) is 20.0 Å². The molecule has 34 heavy (non-hydrogen) atoms. The van der Waals surface area contributed by atoms with E-state index in [9.17, 15) is 16.8 Å². The van der Waals surface area contributed by atoms with Crippen LogP contribution in [0.2, 0.25) is 0 Å². The number of rotatable bonds is 4. The van der Waals surface area contributed by atoms with Gasteiger partial charge in [-0.3, -0.25) is 0 Å². The third kappa shape index (κ3) is 3.37. The molecule has 0 N–H and O–H groups in total. The van der Waals surface area contributed by atoms with E-state index < -0.39 is 25.8 Å². The SMILES string of the molecule is O=S(=O)(c1csc2ccccc12)N1CCC2(CC1)OCCN2S(=O)(=O)c1csc2ccccc12. The second-order valence-corrected chi connectivity index (χ2v) is 14.0. The smallest absolute Gasteiger partial charge is 0.247 e. The monoisotopic (exact) mass is 534 g/mol. The number of piperidine rings is 1. The van der Waals surface area contributed by atoms with Crippen molar-refractivity contribution in [1.82, 2.24) is 8.61 Å². The van der Waals surface area contributed by atoms with Crippen LogP contribution in [0.3, 0.4) is 0 Å². The highest BCUT2D eigenvalue weighted by Crippen LogP contribution is 2.42. The second-order valence-electron chi connectivity index (χ2n) is 8.47. The summed E-state index contributed by atoms with van der Waals surface area (Å²) in [6.45, 7) is 0.948. The summed E-state index contributed by atoms with van der Waals surface area (Å²) in [5, 5.41) is 4.81. The molecule has 2 aliphatic rings. The van der Waals surface area contributed by atoms with E-state index in [-0.39, 0.29) is 37.4 Å². The fourth-order valence-corrected chi connectivity index (χ4v) is 11.1. The van der Waals surface area contributed by atoms with Crippen LogP contribution in [-0.2, 0) is 24.8 Å². The average Bonchev–Trinajstić information content (AvgIpc) is 3.56. The summed E-state index contributed by atoms with van der Waals surface area (Å²) < 4.78 is 65.1. The number of nitrogens with zero attached hydrogens (tertiary/aromatic N) is 2. The standard InChI is InChI=1S/C23H22N2O5S4/c26-33(27,21-15-31-19-7-3-1-5-17(19)21)24-11-9-23(10-12-24)25(13-14-30-23)34(28,29)22-16-32-20-8-4-2-6-18(20)22/h1-8,15-16H,9-14H2. The minimum absolute atomic E-state index is 0.197. The van der Waals surface area contributed by atoms with Crippen LogP contribution < -0.4 is 0 Å². The molecule has 6 rings (SSSR count). The number of hydrogen-bond acceptors (Lipinski definition) is 7. The molecule has 0 radical (unpaired) electrons. The maximum Gasteiger partial charge on any atom is 0.247 e. The highest BCUT2D eigenvalue weighted by molar-refractivity contribution is 7.90. The van der Waals surface area contributed by atoms with Crippen molar-refractivity contribution in [2.75, 3.05) is 26.2 Å². The van der Waals surface area contributed by atoms with E-state index in [1.807, 2.05) is 48.5 Å². The molecular weight excluding hydrogens is 513 g/mol. The quantitative estimate of drug-likeness (QED) is 0.389. The van der Waals surface area contributed by atoms with Gasteiger partial charge in [0.1, 0.15) is 15.5 Å². The zero-order valence-corrected chi connectivity index (χ0v) is 21.4. The van der Waals surface area contributed by atoms with E-state index in [0.29, 0.717) is 16.9 Å². The van der Waals surface area contributed by atoms with Gasteiger partial charge in [-0.15, -0.1) is 22.7 Å². The molecule has 0 saturated carbocycles. The minimum Gasteiger partial charge on any atom is -0.358 e. The van der Waals surface area contributed by atoms with Crippen molar-refractivity contribution in [2.24, 2.45) is 0 Å². The fraction of sp³-hybridized carbons (Fsp3) is 0.304. The Balaban J connectivity index is 1.29. The van der Waals surface area contributed by atoms with Gasteiger partial charge in [0, 0.05) is 63.4 Å². The van der Waals surface area contributed by atoms with Gasteiger partial charge < -0.3 is 4.74 Å². The van der Waals surface area contributed by atoms with E-state index in [1.54, 1.807) is 10.8 Å². The molecule has 2 aliphatic heterocycles. The number of benzene rings is 2. The Morgan fingerprint density at radius 1 is 0.735 bits per heavy atom. The Morgan fingerprint density at radius 3 is 1.85 bits per heavy atom. The Hall–Kier alpha value is -1.86. The Kier molecular flexibility index (Phi) is 5.37. The van der Waals surface area contributed by atoms with Gasteiger partial charge in [-0.1, -0.05) is 36.4 Å². The Bertz CT molecular complexity index is 1600. The van der Waals surface area contributed by atoms with E-state index in [0.717, 1.165) is 14.8 Å². The average molecular weight is 535 g/mol. The zero-order chi connectivity index (χ0) is 23.6. The zero-order valence-electron chi connectivity index (χ0n) is 18.1. The van der Waals surface area contributed by atoms with Crippen molar-refractivity contribution >= 4 is 62.9 Å². The predicted molar refractivity (Wildman–Crippen MR) is 134 cm³/mol. The lowest BCUT2D eigenvalue weighted by molar-refractivity contribution is -0.0806. The number of hydrogen-bond donors (Lipinski definition) is 0. The van der Waals surface area contributed by atoms with E-state index in [4.69, 9.17) is 4.74 Å². The molecule has 4 heterocycles. The largest absolute Gasteiger partial charge is 0.358 e. The minimum atomic E-state index is -3.80. The van der Waals surface area contributed by atoms with Crippen LogP contribution in [0.25, 0.3) is 20.2 Å². The Morgan fingerprint density at radius 2 is 1.26 bits per heavy atom. The molecule has 2 fully saturated rings. The third-order valence-electron chi connectivity index (χ3n) is 6.70. The highest BCUT2D eigenvalue weighted by atomic mass is 32.2. The first-order chi connectivity index (χ1) is 16.3. The topological polar surface area (TPSA) is 84.0 Å². The summed E-state index contributed by atoms with van der Waals surface area (Å²) in [5.41, 5.74) is -1.02.